The Morgan fingerprint density at radius 1 is 1.14 bits per heavy atom. The van der Waals surface area contributed by atoms with Gasteiger partial charge in [0, 0.05) is 25.3 Å². The smallest absolute Gasteiger partial charge is 0.316 e. The predicted octanol–water partition coefficient (Wildman–Crippen LogP) is 1.59. The molecule has 5 nitrogen and oxygen atoms in total. The van der Waals surface area contributed by atoms with Crippen molar-refractivity contribution in [2.75, 3.05) is 38.6 Å². The largest absolute Gasteiger partial charge is 0.334 e. The number of nitrogens with zero attached hydrogens (tertiary/aromatic N) is 3. The van der Waals surface area contributed by atoms with Gasteiger partial charge < -0.3 is 14.7 Å². The summed E-state index contributed by atoms with van der Waals surface area (Å²) in [6.45, 7) is 4.29. The van der Waals surface area contributed by atoms with Gasteiger partial charge >= 0.3 is 11.8 Å². The number of para-hydroxylation sites is 1. The highest BCUT2D eigenvalue weighted by Crippen LogP contribution is 2.17. The number of amides is 2. The van der Waals surface area contributed by atoms with Crippen molar-refractivity contribution in [2.24, 2.45) is 0 Å². The van der Waals surface area contributed by atoms with Gasteiger partial charge in [0.05, 0.1) is 0 Å². The summed E-state index contributed by atoms with van der Waals surface area (Å²) in [5, 5.41) is 0. The molecular formula is C17H25N3O2. The van der Waals surface area contributed by atoms with Crippen molar-refractivity contribution in [3.05, 3.63) is 30.3 Å². The first-order valence-electron chi connectivity index (χ1n) is 7.86. The monoisotopic (exact) mass is 303 g/mol. The molecule has 1 aromatic carbocycles. The van der Waals surface area contributed by atoms with Crippen molar-refractivity contribution in [1.82, 2.24) is 9.80 Å². The lowest BCUT2D eigenvalue weighted by Gasteiger charge is -2.35. The molecule has 22 heavy (non-hydrogen) atoms. The number of carbonyl (C=O) groups excluding carboxylic acids is 2. The van der Waals surface area contributed by atoms with Crippen LogP contribution in [-0.4, -0.2) is 61.4 Å². The average molecular weight is 303 g/mol. The van der Waals surface area contributed by atoms with Crippen LogP contribution >= 0.6 is 0 Å². The Labute approximate surface area is 132 Å². The molecule has 0 aliphatic carbocycles. The van der Waals surface area contributed by atoms with Gasteiger partial charge in [-0.05, 0) is 52.0 Å². The van der Waals surface area contributed by atoms with Gasteiger partial charge in [-0.2, -0.15) is 0 Å². The summed E-state index contributed by atoms with van der Waals surface area (Å²) in [6, 6.07) is 9.50. The number of piperidine rings is 1. The first-order chi connectivity index (χ1) is 10.5. The molecule has 1 saturated heterocycles. The third-order valence-corrected chi connectivity index (χ3v) is 4.37. The first kappa shape index (κ1) is 16.5. The maximum Gasteiger partial charge on any atom is 0.316 e. The van der Waals surface area contributed by atoms with Crippen LogP contribution in [0.4, 0.5) is 5.69 Å². The van der Waals surface area contributed by atoms with Crippen molar-refractivity contribution in [3.63, 3.8) is 0 Å². The molecule has 1 aliphatic rings. The minimum Gasteiger partial charge on any atom is -0.334 e. The summed E-state index contributed by atoms with van der Waals surface area (Å²) < 4.78 is 0. The Morgan fingerprint density at radius 2 is 1.73 bits per heavy atom. The second-order valence-corrected chi connectivity index (χ2v) is 5.84. The van der Waals surface area contributed by atoms with Crippen LogP contribution in [0.3, 0.4) is 0 Å². The predicted molar refractivity (Wildman–Crippen MR) is 87.8 cm³/mol. The summed E-state index contributed by atoms with van der Waals surface area (Å²) in [7, 11) is 3.83. The number of hydrogen-bond acceptors (Lipinski definition) is 3. The van der Waals surface area contributed by atoms with Gasteiger partial charge in [-0.25, -0.2) is 0 Å². The minimum atomic E-state index is -0.449. The van der Waals surface area contributed by atoms with Gasteiger partial charge in [-0.1, -0.05) is 18.2 Å². The third kappa shape index (κ3) is 3.65. The van der Waals surface area contributed by atoms with E-state index in [9.17, 15) is 9.59 Å². The summed E-state index contributed by atoms with van der Waals surface area (Å²) >= 11 is 0. The summed E-state index contributed by atoms with van der Waals surface area (Å²) in [5.74, 6) is -0.865. The highest BCUT2D eigenvalue weighted by atomic mass is 16.2. The number of rotatable bonds is 3. The zero-order valence-electron chi connectivity index (χ0n) is 13.7. The van der Waals surface area contributed by atoms with Crippen LogP contribution < -0.4 is 4.90 Å². The van der Waals surface area contributed by atoms with Gasteiger partial charge in [-0.15, -0.1) is 0 Å². The fourth-order valence-corrected chi connectivity index (χ4v) is 2.87. The lowest BCUT2D eigenvalue weighted by Crippen LogP contribution is -2.50. The Kier molecular flexibility index (Phi) is 5.55. The molecule has 5 heteroatoms. The molecule has 0 spiro atoms. The molecule has 0 atom stereocenters. The quantitative estimate of drug-likeness (QED) is 0.797. The first-order valence-corrected chi connectivity index (χ1v) is 7.86. The summed E-state index contributed by atoms with van der Waals surface area (Å²) in [5.41, 5.74) is 0.764. The minimum absolute atomic E-state index is 0.155. The van der Waals surface area contributed by atoms with Crippen LogP contribution in [0.2, 0.25) is 0 Å². The number of carbonyl (C=O) groups is 2. The number of benzene rings is 1. The Balaban J connectivity index is 2.05. The fourth-order valence-electron chi connectivity index (χ4n) is 2.87. The summed E-state index contributed by atoms with van der Waals surface area (Å²) in [4.78, 5) is 30.5. The maximum absolute atomic E-state index is 12.5. The number of anilines is 1. The standard InChI is InChI=1S/C17H25N3O2/c1-4-20(15-8-6-5-7-9-15)17(22)16(21)19(3)14-10-12-18(2)13-11-14/h5-9,14H,4,10-13H2,1-3H3. The Morgan fingerprint density at radius 3 is 2.27 bits per heavy atom. The maximum atomic E-state index is 12.5. The molecule has 1 fully saturated rings. The van der Waals surface area contributed by atoms with E-state index in [2.05, 4.69) is 11.9 Å². The van der Waals surface area contributed by atoms with E-state index in [-0.39, 0.29) is 6.04 Å². The molecule has 0 radical (unpaired) electrons. The lowest BCUT2D eigenvalue weighted by atomic mass is 10.0. The highest BCUT2D eigenvalue weighted by molar-refractivity contribution is 6.40. The number of hydrogen-bond donors (Lipinski definition) is 0. The van der Waals surface area contributed by atoms with Gasteiger partial charge in [0.2, 0.25) is 0 Å². The van der Waals surface area contributed by atoms with Crippen molar-refractivity contribution < 1.29 is 9.59 Å². The van der Waals surface area contributed by atoms with Crippen LogP contribution in [0.5, 0.6) is 0 Å². The SMILES string of the molecule is CCN(C(=O)C(=O)N(C)C1CCN(C)CC1)c1ccccc1. The third-order valence-electron chi connectivity index (χ3n) is 4.37. The van der Waals surface area contributed by atoms with E-state index in [1.807, 2.05) is 37.3 Å². The molecule has 0 unspecified atom stereocenters. The second-order valence-electron chi connectivity index (χ2n) is 5.84. The van der Waals surface area contributed by atoms with E-state index in [1.54, 1.807) is 11.9 Å². The molecule has 1 aromatic rings. The van der Waals surface area contributed by atoms with E-state index in [1.165, 1.54) is 4.90 Å². The molecule has 1 heterocycles. The average Bonchev–Trinajstić information content (AvgIpc) is 2.56. The number of likely N-dealkylation sites (tertiary alicyclic amines) is 1. The van der Waals surface area contributed by atoms with Gasteiger partial charge in [0.15, 0.2) is 0 Å². The molecule has 0 saturated carbocycles. The molecule has 2 amide bonds. The summed E-state index contributed by atoms with van der Waals surface area (Å²) in [6.07, 6.45) is 1.84. The second kappa shape index (κ2) is 7.40. The lowest BCUT2D eigenvalue weighted by molar-refractivity contribution is -0.145. The van der Waals surface area contributed by atoms with Gasteiger partial charge in [0.1, 0.15) is 0 Å². The van der Waals surface area contributed by atoms with Crippen molar-refractivity contribution >= 4 is 17.5 Å². The van der Waals surface area contributed by atoms with Crippen LogP contribution in [0.25, 0.3) is 0 Å². The van der Waals surface area contributed by atoms with E-state index >= 15 is 0 Å². The van der Waals surface area contributed by atoms with E-state index in [4.69, 9.17) is 0 Å². The molecule has 120 valence electrons. The normalized spacial score (nSPS) is 16.3. The molecule has 2 rings (SSSR count). The van der Waals surface area contributed by atoms with Crippen molar-refractivity contribution in [2.45, 2.75) is 25.8 Å². The molecule has 0 bridgehead atoms. The van der Waals surface area contributed by atoms with Crippen LogP contribution in [0.15, 0.2) is 30.3 Å². The molecule has 0 N–H and O–H groups in total. The van der Waals surface area contributed by atoms with Crippen LogP contribution in [0, 0.1) is 0 Å². The van der Waals surface area contributed by atoms with Crippen LogP contribution in [-0.2, 0) is 9.59 Å². The van der Waals surface area contributed by atoms with E-state index < -0.39 is 11.8 Å². The molecule has 1 aliphatic heterocycles. The zero-order chi connectivity index (χ0) is 16.1. The topological polar surface area (TPSA) is 43.9 Å². The van der Waals surface area contributed by atoms with Gasteiger partial charge in [0.25, 0.3) is 0 Å². The highest BCUT2D eigenvalue weighted by Gasteiger charge is 2.30. The molecular weight excluding hydrogens is 278 g/mol. The zero-order valence-corrected chi connectivity index (χ0v) is 13.7. The Hall–Kier alpha value is -1.88. The Bertz CT molecular complexity index is 510. The molecule has 0 aromatic heterocycles. The van der Waals surface area contributed by atoms with Crippen molar-refractivity contribution in [3.8, 4) is 0 Å². The number of likely N-dealkylation sites (N-methyl/N-ethyl adjacent to an activating group) is 2. The van der Waals surface area contributed by atoms with E-state index in [0.29, 0.717) is 6.54 Å². The van der Waals surface area contributed by atoms with Crippen molar-refractivity contribution in [1.29, 1.82) is 0 Å². The van der Waals surface area contributed by atoms with E-state index in [0.717, 1.165) is 31.6 Å². The van der Waals surface area contributed by atoms with Crippen LogP contribution in [0.1, 0.15) is 19.8 Å². The van der Waals surface area contributed by atoms with Gasteiger partial charge in [-0.3, -0.25) is 9.59 Å². The fraction of sp³-hybridized carbons (Fsp3) is 0.529.